The second-order valence-electron chi connectivity index (χ2n) is 8.54. The molecule has 0 spiro atoms. The lowest BCUT2D eigenvalue weighted by Gasteiger charge is -2.30. The number of hydrogen-bond donors (Lipinski definition) is 1. The number of nitrogens with one attached hydrogen (secondary N) is 1. The number of benzene rings is 2. The SMILES string of the molecule is O=C(NCc1ccc(N2CCOCC2)cc1)C1CCN(S(=O)(=O)Cc2cccc(Br)c2)CC1. The first kappa shape index (κ1) is 24.2. The number of amides is 1. The maximum atomic E-state index is 12.8. The van der Waals surface area contributed by atoms with Gasteiger partial charge in [0.05, 0.1) is 19.0 Å². The summed E-state index contributed by atoms with van der Waals surface area (Å²) in [7, 11) is -3.40. The third-order valence-corrected chi connectivity index (χ3v) is 8.58. The molecule has 9 heteroatoms. The van der Waals surface area contributed by atoms with Crippen LogP contribution in [0.15, 0.2) is 53.0 Å². The van der Waals surface area contributed by atoms with Crippen molar-refractivity contribution < 1.29 is 17.9 Å². The molecular weight excluding hydrogens is 506 g/mol. The molecular formula is C24H30BrN3O4S. The highest BCUT2D eigenvalue weighted by molar-refractivity contribution is 9.10. The molecule has 0 unspecified atom stereocenters. The molecule has 2 saturated heterocycles. The molecule has 0 bridgehead atoms. The average Bonchev–Trinajstić information content (AvgIpc) is 2.83. The fraction of sp³-hybridized carbons (Fsp3) is 0.458. The first-order chi connectivity index (χ1) is 15.9. The van der Waals surface area contributed by atoms with E-state index >= 15 is 0 Å². The standard InChI is InChI=1S/C24H30BrN3O4S/c25-22-3-1-2-20(16-22)18-33(30,31)28-10-8-21(9-11-28)24(29)26-17-19-4-6-23(7-5-19)27-12-14-32-15-13-27/h1-7,16,21H,8-15,17-18H2,(H,26,29). The van der Waals surface area contributed by atoms with Gasteiger partial charge in [0.2, 0.25) is 15.9 Å². The third-order valence-electron chi connectivity index (χ3n) is 6.24. The Balaban J connectivity index is 1.23. The van der Waals surface area contributed by atoms with Gasteiger partial charge in [-0.15, -0.1) is 0 Å². The Kier molecular flexibility index (Phi) is 8.06. The van der Waals surface area contributed by atoms with Crippen LogP contribution < -0.4 is 10.2 Å². The molecule has 2 aromatic rings. The van der Waals surface area contributed by atoms with E-state index in [1.54, 1.807) is 0 Å². The summed E-state index contributed by atoms with van der Waals surface area (Å²) in [4.78, 5) is 15.0. The van der Waals surface area contributed by atoms with Crippen LogP contribution in [-0.4, -0.2) is 58.0 Å². The van der Waals surface area contributed by atoms with Gasteiger partial charge in [0.15, 0.2) is 0 Å². The van der Waals surface area contributed by atoms with Crippen molar-refractivity contribution in [3.05, 3.63) is 64.1 Å². The predicted molar refractivity (Wildman–Crippen MR) is 132 cm³/mol. The van der Waals surface area contributed by atoms with E-state index in [-0.39, 0.29) is 17.6 Å². The summed E-state index contributed by atoms with van der Waals surface area (Å²) in [5, 5.41) is 3.02. The lowest BCUT2D eigenvalue weighted by atomic mass is 9.97. The first-order valence-electron chi connectivity index (χ1n) is 11.3. The minimum atomic E-state index is -3.40. The quantitative estimate of drug-likeness (QED) is 0.589. The normalized spacial score (nSPS) is 18.3. The van der Waals surface area contributed by atoms with E-state index in [0.29, 0.717) is 32.5 Å². The fourth-order valence-electron chi connectivity index (χ4n) is 4.30. The number of ether oxygens (including phenoxy) is 1. The van der Waals surface area contributed by atoms with Crippen LogP contribution in [0.4, 0.5) is 5.69 Å². The largest absolute Gasteiger partial charge is 0.378 e. The van der Waals surface area contributed by atoms with Crippen LogP contribution in [0.5, 0.6) is 0 Å². The average molecular weight is 536 g/mol. The van der Waals surface area contributed by atoms with E-state index in [9.17, 15) is 13.2 Å². The van der Waals surface area contributed by atoms with Crippen LogP contribution in [0.1, 0.15) is 24.0 Å². The van der Waals surface area contributed by atoms with Gasteiger partial charge in [-0.1, -0.05) is 40.2 Å². The Morgan fingerprint density at radius 3 is 2.36 bits per heavy atom. The molecule has 1 N–H and O–H groups in total. The Bertz CT molecular complexity index is 1050. The lowest BCUT2D eigenvalue weighted by molar-refractivity contribution is -0.126. The van der Waals surface area contributed by atoms with Gasteiger partial charge in [0.25, 0.3) is 0 Å². The van der Waals surface area contributed by atoms with Crippen LogP contribution in [0, 0.1) is 5.92 Å². The minimum Gasteiger partial charge on any atom is -0.378 e. The van der Waals surface area contributed by atoms with E-state index in [2.05, 4.69) is 38.3 Å². The van der Waals surface area contributed by atoms with E-state index in [4.69, 9.17) is 4.74 Å². The Morgan fingerprint density at radius 1 is 1.00 bits per heavy atom. The van der Waals surface area contributed by atoms with Gasteiger partial charge in [-0.3, -0.25) is 4.79 Å². The summed E-state index contributed by atoms with van der Waals surface area (Å²) in [6, 6.07) is 15.6. The second kappa shape index (κ2) is 11.0. The highest BCUT2D eigenvalue weighted by atomic mass is 79.9. The van der Waals surface area contributed by atoms with Crippen molar-refractivity contribution in [2.24, 2.45) is 5.92 Å². The summed E-state index contributed by atoms with van der Waals surface area (Å²) >= 11 is 3.38. The Hall–Kier alpha value is -1.94. The molecule has 2 heterocycles. The van der Waals surface area contributed by atoms with E-state index in [1.165, 1.54) is 9.99 Å². The molecule has 178 valence electrons. The molecule has 2 fully saturated rings. The maximum absolute atomic E-state index is 12.8. The van der Waals surface area contributed by atoms with Gasteiger partial charge in [-0.05, 0) is 48.2 Å². The van der Waals surface area contributed by atoms with E-state index < -0.39 is 10.0 Å². The van der Waals surface area contributed by atoms with Crippen molar-refractivity contribution in [3.8, 4) is 0 Å². The van der Waals surface area contributed by atoms with Crippen LogP contribution in [0.25, 0.3) is 0 Å². The van der Waals surface area contributed by atoms with Crippen LogP contribution >= 0.6 is 15.9 Å². The zero-order chi connectivity index (χ0) is 23.3. The maximum Gasteiger partial charge on any atom is 0.223 e. The lowest BCUT2D eigenvalue weighted by Crippen LogP contribution is -2.43. The molecule has 2 aromatic carbocycles. The fourth-order valence-corrected chi connectivity index (χ4v) is 6.30. The minimum absolute atomic E-state index is 0.00343. The smallest absolute Gasteiger partial charge is 0.223 e. The second-order valence-corrected chi connectivity index (χ2v) is 11.4. The van der Waals surface area contributed by atoms with Gasteiger partial charge in [0, 0.05) is 48.8 Å². The van der Waals surface area contributed by atoms with E-state index in [1.807, 2.05) is 36.4 Å². The van der Waals surface area contributed by atoms with Crippen molar-refractivity contribution in [3.63, 3.8) is 0 Å². The predicted octanol–water partition coefficient (Wildman–Crippen LogP) is 3.14. The summed E-state index contributed by atoms with van der Waals surface area (Å²) in [6.45, 7) is 4.53. The van der Waals surface area contributed by atoms with Crippen LogP contribution in [0.3, 0.4) is 0 Å². The number of carbonyl (C=O) groups excluding carboxylic acids is 1. The number of piperidine rings is 1. The number of nitrogens with zero attached hydrogens (tertiary/aromatic N) is 2. The van der Waals surface area contributed by atoms with Crippen molar-refractivity contribution in [2.75, 3.05) is 44.3 Å². The zero-order valence-electron chi connectivity index (χ0n) is 18.6. The molecule has 0 aromatic heterocycles. The number of hydrogen-bond acceptors (Lipinski definition) is 5. The van der Waals surface area contributed by atoms with E-state index in [0.717, 1.165) is 41.9 Å². The molecule has 1 amide bonds. The van der Waals surface area contributed by atoms with Crippen molar-refractivity contribution in [2.45, 2.75) is 25.1 Å². The Morgan fingerprint density at radius 2 is 1.70 bits per heavy atom. The van der Waals surface area contributed by atoms with Gasteiger partial charge >= 0.3 is 0 Å². The third kappa shape index (κ3) is 6.56. The number of carbonyl (C=O) groups is 1. The number of halogens is 1. The number of rotatable bonds is 7. The highest BCUT2D eigenvalue weighted by Crippen LogP contribution is 2.23. The zero-order valence-corrected chi connectivity index (χ0v) is 21.0. The molecule has 0 radical (unpaired) electrons. The summed E-state index contributed by atoms with van der Waals surface area (Å²) in [5.74, 6) is -0.185. The molecule has 2 aliphatic heterocycles. The summed E-state index contributed by atoms with van der Waals surface area (Å²) < 4.78 is 33.4. The highest BCUT2D eigenvalue weighted by Gasteiger charge is 2.31. The van der Waals surface area contributed by atoms with Gasteiger partial charge in [-0.2, -0.15) is 0 Å². The molecule has 0 atom stereocenters. The molecule has 33 heavy (non-hydrogen) atoms. The van der Waals surface area contributed by atoms with Crippen molar-refractivity contribution in [1.29, 1.82) is 0 Å². The topological polar surface area (TPSA) is 79.0 Å². The molecule has 2 aliphatic rings. The number of sulfonamides is 1. The number of morpholine rings is 1. The van der Waals surface area contributed by atoms with Crippen molar-refractivity contribution >= 4 is 37.5 Å². The van der Waals surface area contributed by atoms with Gasteiger partial charge < -0.3 is 15.0 Å². The van der Waals surface area contributed by atoms with Crippen LogP contribution in [-0.2, 0) is 31.9 Å². The summed E-state index contributed by atoms with van der Waals surface area (Å²) in [5.41, 5.74) is 2.98. The van der Waals surface area contributed by atoms with Gasteiger partial charge in [0.1, 0.15) is 0 Å². The Labute approximate surface area is 204 Å². The van der Waals surface area contributed by atoms with Crippen LogP contribution in [0.2, 0.25) is 0 Å². The molecule has 7 nitrogen and oxygen atoms in total. The molecule has 4 rings (SSSR count). The monoisotopic (exact) mass is 535 g/mol. The summed E-state index contributed by atoms with van der Waals surface area (Å²) in [6.07, 6.45) is 1.08. The number of anilines is 1. The van der Waals surface area contributed by atoms with Gasteiger partial charge in [-0.25, -0.2) is 12.7 Å². The first-order valence-corrected chi connectivity index (χ1v) is 13.7. The molecule has 0 aliphatic carbocycles. The van der Waals surface area contributed by atoms with Crippen molar-refractivity contribution in [1.82, 2.24) is 9.62 Å². The molecule has 0 saturated carbocycles.